The highest BCUT2D eigenvalue weighted by Crippen LogP contribution is 2.30. The first kappa shape index (κ1) is 19.9. The van der Waals surface area contributed by atoms with Gasteiger partial charge in [0.1, 0.15) is 0 Å². The number of rotatable bonds is 5. The van der Waals surface area contributed by atoms with Crippen LogP contribution >= 0.6 is 34.7 Å². The van der Waals surface area contributed by atoms with Crippen molar-refractivity contribution in [1.82, 2.24) is 29.1 Å². The van der Waals surface area contributed by atoms with E-state index in [4.69, 9.17) is 11.6 Å². The first-order chi connectivity index (χ1) is 15.1. The Labute approximate surface area is 190 Å². The highest BCUT2D eigenvalue weighted by atomic mass is 35.5. The maximum Gasteiger partial charge on any atom is 0.258 e. The van der Waals surface area contributed by atoms with E-state index in [0.717, 1.165) is 16.9 Å². The molecule has 10 heteroatoms. The summed E-state index contributed by atoms with van der Waals surface area (Å²) >= 11 is 9.01. The lowest BCUT2D eigenvalue weighted by Crippen LogP contribution is -2.14. The van der Waals surface area contributed by atoms with Crippen LogP contribution in [0.25, 0.3) is 22.0 Å². The van der Waals surface area contributed by atoms with Crippen molar-refractivity contribution in [2.45, 2.75) is 17.8 Å². The van der Waals surface area contributed by atoms with E-state index in [-0.39, 0.29) is 5.56 Å². The van der Waals surface area contributed by atoms with Gasteiger partial charge in [0, 0.05) is 51.6 Å². The first-order valence-corrected chi connectivity index (χ1v) is 11.6. The fourth-order valence-electron chi connectivity index (χ4n) is 3.19. The molecule has 0 aliphatic carbocycles. The Balaban J connectivity index is 1.53. The summed E-state index contributed by atoms with van der Waals surface area (Å²) < 4.78 is 3.59. The van der Waals surface area contributed by atoms with Gasteiger partial charge in [-0.1, -0.05) is 23.4 Å². The standard InChI is InChI=1S/C21H15ClN6OS2/c1-13-11-30-20-24-16(10-18(29)27(13)20)12-31-21-26-25-19(14-6-8-23-9-7-14)28(21)17-4-2-15(22)3-5-17/h2-11H,12H2,1H3. The molecule has 0 unspecified atom stereocenters. The summed E-state index contributed by atoms with van der Waals surface area (Å²) in [7, 11) is 0. The second-order valence-corrected chi connectivity index (χ2v) is 8.94. The van der Waals surface area contributed by atoms with Crippen LogP contribution in [-0.4, -0.2) is 29.1 Å². The van der Waals surface area contributed by atoms with Gasteiger partial charge in [-0.25, -0.2) is 4.98 Å². The third kappa shape index (κ3) is 3.87. The zero-order valence-electron chi connectivity index (χ0n) is 16.3. The number of pyridine rings is 1. The van der Waals surface area contributed by atoms with E-state index in [1.807, 2.05) is 53.3 Å². The maximum atomic E-state index is 12.5. The fourth-order valence-corrected chi connectivity index (χ4v) is 5.05. The third-order valence-electron chi connectivity index (χ3n) is 4.63. The van der Waals surface area contributed by atoms with Crippen LogP contribution in [0, 0.1) is 6.92 Å². The Morgan fingerprint density at radius 3 is 2.65 bits per heavy atom. The van der Waals surface area contributed by atoms with Crippen LogP contribution in [0.4, 0.5) is 0 Å². The molecule has 0 spiro atoms. The minimum atomic E-state index is -0.0732. The SMILES string of the molecule is Cc1csc2nc(CSc3nnc(-c4ccncc4)n3-c3ccc(Cl)cc3)cc(=O)n12. The molecule has 0 aliphatic heterocycles. The van der Waals surface area contributed by atoms with Crippen molar-refractivity contribution < 1.29 is 0 Å². The number of hydrogen-bond acceptors (Lipinski definition) is 7. The van der Waals surface area contributed by atoms with Crippen molar-refractivity contribution in [1.29, 1.82) is 0 Å². The number of thioether (sulfide) groups is 1. The lowest BCUT2D eigenvalue weighted by molar-refractivity contribution is 0.884. The summed E-state index contributed by atoms with van der Waals surface area (Å²) in [6.45, 7) is 1.90. The number of hydrogen-bond donors (Lipinski definition) is 0. The van der Waals surface area contributed by atoms with Gasteiger partial charge >= 0.3 is 0 Å². The second-order valence-electron chi connectivity index (χ2n) is 6.72. The predicted octanol–water partition coefficient (Wildman–Crippen LogP) is 4.65. The van der Waals surface area contributed by atoms with Gasteiger partial charge in [-0.05, 0) is 43.3 Å². The first-order valence-electron chi connectivity index (χ1n) is 9.31. The van der Waals surface area contributed by atoms with E-state index < -0.39 is 0 Å². The predicted molar refractivity (Wildman–Crippen MR) is 123 cm³/mol. The molecule has 0 N–H and O–H groups in total. The molecule has 0 bridgehead atoms. The Hall–Kier alpha value is -3.01. The Bertz CT molecular complexity index is 1430. The van der Waals surface area contributed by atoms with Crippen LogP contribution in [0.5, 0.6) is 0 Å². The van der Waals surface area contributed by atoms with Gasteiger partial charge in [-0.15, -0.1) is 21.5 Å². The Kier molecular flexibility index (Phi) is 5.31. The van der Waals surface area contributed by atoms with E-state index in [2.05, 4.69) is 20.2 Å². The average molecular weight is 467 g/mol. The fraction of sp³-hybridized carbons (Fsp3) is 0.0952. The van der Waals surface area contributed by atoms with E-state index >= 15 is 0 Å². The van der Waals surface area contributed by atoms with Crippen molar-refractivity contribution in [2.24, 2.45) is 0 Å². The largest absolute Gasteiger partial charge is 0.270 e. The quantitative estimate of drug-likeness (QED) is 0.351. The highest BCUT2D eigenvalue weighted by molar-refractivity contribution is 7.98. The Morgan fingerprint density at radius 1 is 1.10 bits per heavy atom. The molecule has 0 radical (unpaired) electrons. The number of aryl methyl sites for hydroxylation is 1. The number of thiazole rings is 1. The lowest BCUT2D eigenvalue weighted by atomic mass is 10.2. The summed E-state index contributed by atoms with van der Waals surface area (Å²) in [4.78, 5) is 21.9. The molecule has 0 amide bonds. The summed E-state index contributed by atoms with van der Waals surface area (Å²) in [5.41, 5.74) is 3.31. The lowest BCUT2D eigenvalue weighted by Gasteiger charge is -2.10. The second kappa shape index (κ2) is 8.26. The van der Waals surface area contributed by atoms with E-state index in [0.29, 0.717) is 32.4 Å². The van der Waals surface area contributed by atoms with Crippen molar-refractivity contribution in [3.05, 3.63) is 87.0 Å². The molecule has 4 aromatic heterocycles. The number of fused-ring (bicyclic) bond motifs is 1. The van der Waals surface area contributed by atoms with Gasteiger partial charge in [0.2, 0.25) is 0 Å². The average Bonchev–Trinajstić information content (AvgIpc) is 3.37. The monoisotopic (exact) mass is 466 g/mol. The van der Waals surface area contributed by atoms with Crippen LogP contribution in [0.3, 0.4) is 0 Å². The molecule has 0 fully saturated rings. The summed E-state index contributed by atoms with van der Waals surface area (Å²) in [5, 5.41) is 12.1. The van der Waals surface area contributed by atoms with Gasteiger partial charge in [-0.2, -0.15) is 0 Å². The van der Waals surface area contributed by atoms with Gasteiger partial charge in [0.15, 0.2) is 15.9 Å². The topological polar surface area (TPSA) is 78.0 Å². The minimum absolute atomic E-state index is 0.0732. The third-order valence-corrected chi connectivity index (χ3v) is 6.79. The van der Waals surface area contributed by atoms with Crippen molar-refractivity contribution >= 4 is 39.7 Å². The zero-order valence-corrected chi connectivity index (χ0v) is 18.7. The zero-order chi connectivity index (χ0) is 21.4. The highest BCUT2D eigenvalue weighted by Gasteiger charge is 2.17. The van der Waals surface area contributed by atoms with Crippen LogP contribution in [0.1, 0.15) is 11.4 Å². The van der Waals surface area contributed by atoms with Gasteiger partial charge in [-0.3, -0.25) is 18.7 Å². The van der Waals surface area contributed by atoms with Crippen molar-refractivity contribution in [3.63, 3.8) is 0 Å². The molecule has 1 aromatic carbocycles. The van der Waals surface area contributed by atoms with E-state index in [1.165, 1.54) is 23.1 Å². The molecule has 7 nitrogen and oxygen atoms in total. The van der Waals surface area contributed by atoms with Crippen LogP contribution in [0.15, 0.2) is 70.2 Å². The molecule has 0 atom stereocenters. The molecule has 4 heterocycles. The number of aromatic nitrogens is 6. The molecule has 0 aliphatic rings. The van der Waals surface area contributed by atoms with Crippen molar-refractivity contribution in [3.8, 4) is 17.1 Å². The van der Waals surface area contributed by atoms with E-state index in [9.17, 15) is 4.79 Å². The molecule has 5 rings (SSSR count). The van der Waals surface area contributed by atoms with Crippen LogP contribution in [0.2, 0.25) is 5.02 Å². The molecule has 0 saturated carbocycles. The molecular weight excluding hydrogens is 452 g/mol. The molecule has 154 valence electrons. The number of nitrogens with zero attached hydrogens (tertiary/aromatic N) is 6. The van der Waals surface area contributed by atoms with Crippen LogP contribution in [-0.2, 0) is 5.75 Å². The van der Waals surface area contributed by atoms with Crippen molar-refractivity contribution in [2.75, 3.05) is 0 Å². The molecule has 5 aromatic rings. The molecule has 0 saturated heterocycles. The maximum absolute atomic E-state index is 12.5. The normalized spacial score (nSPS) is 11.3. The van der Waals surface area contributed by atoms with Gasteiger partial charge in [0.05, 0.1) is 5.69 Å². The smallest absolute Gasteiger partial charge is 0.258 e. The van der Waals surface area contributed by atoms with Gasteiger partial charge in [0.25, 0.3) is 5.56 Å². The number of benzene rings is 1. The van der Waals surface area contributed by atoms with E-state index in [1.54, 1.807) is 22.9 Å². The number of halogens is 1. The molecule has 31 heavy (non-hydrogen) atoms. The van der Waals surface area contributed by atoms with Crippen LogP contribution < -0.4 is 5.56 Å². The summed E-state index contributed by atoms with van der Waals surface area (Å²) in [5.74, 6) is 1.19. The minimum Gasteiger partial charge on any atom is -0.270 e. The summed E-state index contributed by atoms with van der Waals surface area (Å²) in [6, 6.07) is 12.9. The Morgan fingerprint density at radius 2 is 1.87 bits per heavy atom. The molecular formula is C21H15ClN6OS2. The summed E-state index contributed by atoms with van der Waals surface area (Å²) in [6.07, 6.45) is 3.44. The van der Waals surface area contributed by atoms with Gasteiger partial charge < -0.3 is 0 Å².